The fraction of sp³-hybridized carbons (Fsp3) is 0.700. The summed E-state index contributed by atoms with van der Waals surface area (Å²) in [6.45, 7) is 7.96. The van der Waals surface area contributed by atoms with E-state index in [1.165, 1.54) is 4.88 Å². The van der Waals surface area contributed by atoms with E-state index in [-0.39, 0.29) is 0 Å². The van der Waals surface area contributed by atoms with Crippen molar-refractivity contribution in [3.63, 3.8) is 0 Å². The van der Waals surface area contributed by atoms with Crippen molar-refractivity contribution in [2.75, 3.05) is 44.7 Å². The zero-order valence-corrected chi connectivity index (χ0v) is 9.85. The number of hydrogen-bond acceptors (Lipinski definition) is 5. The normalized spacial score (nSPS) is 17.9. The van der Waals surface area contributed by atoms with Crippen LogP contribution in [-0.2, 0) is 4.74 Å². The van der Waals surface area contributed by atoms with E-state index in [9.17, 15) is 0 Å². The zero-order valence-electron chi connectivity index (χ0n) is 9.03. The van der Waals surface area contributed by atoms with Gasteiger partial charge in [0.15, 0.2) is 5.13 Å². The molecule has 0 amide bonds. The Morgan fingerprint density at radius 2 is 2.33 bits per heavy atom. The van der Waals surface area contributed by atoms with Gasteiger partial charge < -0.3 is 10.1 Å². The molecule has 1 aromatic rings. The second-order valence-corrected chi connectivity index (χ2v) is 4.89. The number of rotatable bonds is 4. The summed E-state index contributed by atoms with van der Waals surface area (Å²) in [5.74, 6) is 0. The third-order valence-corrected chi connectivity index (χ3v) is 3.30. The highest BCUT2D eigenvalue weighted by atomic mass is 32.1. The van der Waals surface area contributed by atoms with Crippen molar-refractivity contribution in [3.05, 3.63) is 11.1 Å². The molecule has 4 nitrogen and oxygen atoms in total. The summed E-state index contributed by atoms with van der Waals surface area (Å²) in [7, 11) is 0. The Balaban J connectivity index is 1.65. The molecule has 1 N–H and O–H groups in total. The molecular weight excluding hydrogens is 210 g/mol. The van der Waals surface area contributed by atoms with Gasteiger partial charge in [-0.25, -0.2) is 4.98 Å². The molecule has 0 aromatic carbocycles. The molecule has 0 radical (unpaired) electrons. The fourth-order valence-corrected chi connectivity index (χ4v) is 2.27. The van der Waals surface area contributed by atoms with Gasteiger partial charge in [0.05, 0.1) is 13.2 Å². The molecule has 2 rings (SSSR count). The number of nitrogens with one attached hydrogen (secondary N) is 1. The minimum absolute atomic E-state index is 0.871. The molecule has 1 saturated heterocycles. The van der Waals surface area contributed by atoms with Crippen molar-refractivity contribution in [1.82, 2.24) is 9.88 Å². The lowest BCUT2D eigenvalue weighted by Crippen LogP contribution is -2.38. The van der Waals surface area contributed by atoms with Crippen LogP contribution in [0.5, 0.6) is 0 Å². The quantitative estimate of drug-likeness (QED) is 0.838. The lowest BCUT2D eigenvalue weighted by atomic mass is 10.4. The molecule has 1 aliphatic heterocycles. The molecule has 0 aliphatic carbocycles. The van der Waals surface area contributed by atoms with Gasteiger partial charge in [0.2, 0.25) is 0 Å². The van der Waals surface area contributed by atoms with Gasteiger partial charge in [-0.3, -0.25) is 4.90 Å². The molecule has 0 spiro atoms. The topological polar surface area (TPSA) is 37.4 Å². The first-order valence-corrected chi connectivity index (χ1v) is 6.12. The molecule has 0 unspecified atom stereocenters. The Labute approximate surface area is 94.3 Å². The highest BCUT2D eigenvalue weighted by molar-refractivity contribution is 7.15. The Kier molecular flexibility index (Phi) is 3.94. The number of aromatic nitrogens is 1. The molecule has 1 fully saturated rings. The van der Waals surface area contributed by atoms with Crippen LogP contribution in [-0.4, -0.2) is 49.3 Å². The summed E-state index contributed by atoms with van der Waals surface area (Å²) in [5.41, 5.74) is 0. The molecule has 84 valence electrons. The SMILES string of the molecule is Cc1cnc(NCCN2CCOCC2)s1. The summed E-state index contributed by atoms with van der Waals surface area (Å²) >= 11 is 1.71. The maximum Gasteiger partial charge on any atom is 0.182 e. The van der Waals surface area contributed by atoms with Gasteiger partial charge >= 0.3 is 0 Å². The highest BCUT2D eigenvalue weighted by Gasteiger charge is 2.09. The Morgan fingerprint density at radius 3 is 3.00 bits per heavy atom. The van der Waals surface area contributed by atoms with Gasteiger partial charge in [-0.2, -0.15) is 0 Å². The van der Waals surface area contributed by atoms with E-state index < -0.39 is 0 Å². The van der Waals surface area contributed by atoms with E-state index >= 15 is 0 Å². The lowest BCUT2D eigenvalue weighted by molar-refractivity contribution is 0.0398. The monoisotopic (exact) mass is 227 g/mol. The van der Waals surface area contributed by atoms with Crippen LogP contribution in [0.1, 0.15) is 4.88 Å². The number of morpholine rings is 1. The number of hydrogen-bond donors (Lipinski definition) is 1. The van der Waals surface area contributed by atoms with Gasteiger partial charge in [0.25, 0.3) is 0 Å². The average molecular weight is 227 g/mol. The predicted molar refractivity (Wildman–Crippen MR) is 62.6 cm³/mol. The maximum absolute atomic E-state index is 5.30. The zero-order chi connectivity index (χ0) is 10.5. The number of nitrogens with zero attached hydrogens (tertiary/aromatic N) is 2. The fourth-order valence-electron chi connectivity index (χ4n) is 1.58. The second kappa shape index (κ2) is 5.44. The first-order chi connectivity index (χ1) is 7.34. The second-order valence-electron chi connectivity index (χ2n) is 3.66. The van der Waals surface area contributed by atoms with Crippen molar-refractivity contribution in [2.45, 2.75) is 6.92 Å². The van der Waals surface area contributed by atoms with E-state index in [2.05, 4.69) is 22.1 Å². The maximum atomic E-state index is 5.30. The molecule has 2 heterocycles. The predicted octanol–water partition coefficient (Wildman–Crippen LogP) is 1.20. The average Bonchev–Trinajstić information content (AvgIpc) is 2.66. The van der Waals surface area contributed by atoms with Crippen molar-refractivity contribution >= 4 is 16.5 Å². The minimum Gasteiger partial charge on any atom is -0.379 e. The van der Waals surface area contributed by atoms with Crippen LogP contribution in [0.15, 0.2) is 6.20 Å². The van der Waals surface area contributed by atoms with Crippen LogP contribution in [0.4, 0.5) is 5.13 Å². The van der Waals surface area contributed by atoms with Crippen LogP contribution in [0.25, 0.3) is 0 Å². The molecule has 15 heavy (non-hydrogen) atoms. The third-order valence-electron chi connectivity index (χ3n) is 2.43. The van der Waals surface area contributed by atoms with Crippen LogP contribution in [0.3, 0.4) is 0 Å². The largest absolute Gasteiger partial charge is 0.379 e. The van der Waals surface area contributed by atoms with Crippen molar-refractivity contribution in [2.24, 2.45) is 0 Å². The van der Waals surface area contributed by atoms with Gasteiger partial charge in [-0.05, 0) is 6.92 Å². The minimum atomic E-state index is 0.871. The van der Waals surface area contributed by atoms with Gasteiger partial charge in [-0.1, -0.05) is 0 Å². The Hall–Kier alpha value is -0.650. The standard InChI is InChI=1S/C10H17N3OS/c1-9-8-12-10(15-9)11-2-3-13-4-6-14-7-5-13/h8H,2-7H2,1H3,(H,11,12). The summed E-state index contributed by atoms with van der Waals surface area (Å²) in [6, 6.07) is 0. The number of anilines is 1. The van der Waals surface area contributed by atoms with Gasteiger partial charge in [-0.15, -0.1) is 11.3 Å². The van der Waals surface area contributed by atoms with E-state index in [1.807, 2.05) is 6.20 Å². The van der Waals surface area contributed by atoms with Gasteiger partial charge in [0, 0.05) is 37.3 Å². The van der Waals surface area contributed by atoms with E-state index in [4.69, 9.17) is 4.74 Å². The summed E-state index contributed by atoms with van der Waals surface area (Å²) in [6.07, 6.45) is 1.90. The molecule has 5 heteroatoms. The Bertz CT molecular complexity index is 297. The molecule has 0 atom stereocenters. The van der Waals surface area contributed by atoms with Crippen molar-refractivity contribution in [1.29, 1.82) is 0 Å². The molecule has 0 saturated carbocycles. The lowest BCUT2D eigenvalue weighted by Gasteiger charge is -2.26. The van der Waals surface area contributed by atoms with Crippen LogP contribution in [0.2, 0.25) is 0 Å². The molecular formula is C10H17N3OS. The van der Waals surface area contributed by atoms with Crippen molar-refractivity contribution < 1.29 is 4.74 Å². The first kappa shape index (κ1) is 10.9. The number of ether oxygens (including phenoxy) is 1. The number of thiazole rings is 1. The van der Waals surface area contributed by atoms with Crippen molar-refractivity contribution in [3.8, 4) is 0 Å². The van der Waals surface area contributed by atoms with Crippen LogP contribution < -0.4 is 5.32 Å². The summed E-state index contributed by atoms with van der Waals surface area (Å²) in [4.78, 5) is 7.93. The van der Waals surface area contributed by atoms with E-state index in [0.717, 1.165) is 44.5 Å². The first-order valence-electron chi connectivity index (χ1n) is 5.31. The van der Waals surface area contributed by atoms with Gasteiger partial charge in [0.1, 0.15) is 0 Å². The molecule has 0 bridgehead atoms. The molecule has 1 aromatic heterocycles. The third kappa shape index (κ3) is 3.44. The van der Waals surface area contributed by atoms with E-state index in [1.54, 1.807) is 11.3 Å². The van der Waals surface area contributed by atoms with E-state index in [0.29, 0.717) is 0 Å². The summed E-state index contributed by atoms with van der Waals surface area (Å²) in [5, 5.41) is 4.37. The highest BCUT2D eigenvalue weighted by Crippen LogP contribution is 2.15. The van der Waals surface area contributed by atoms with Crippen LogP contribution >= 0.6 is 11.3 Å². The Morgan fingerprint density at radius 1 is 1.53 bits per heavy atom. The summed E-state index contributed by atoms with van der Waals surface area (Å²) < 4.78 is 5.30. The smallest absolute Gasteiger partial charge is 0.182 e. The molecule has 1 aliphatic rings. The number of aryl methyl sites for hydroxylation is 1. The van der Waals surface area contributed by atoms with Crippen LogP contribution in [0, 0.1) is 6.92 Å².